The number of aliphatic hydroxyl groups is 1. The topological polar surface area (TPSA) is 87.1 Å². The van der Waals surface area contributed by atoms with Gasteiger partial charge in [-0.05, 0) is 12.8 Å². The maximum Gasteiger partial charge on any atom is 0.329 e. The summed E-state index contributed by atoms with van der Waals surface area (Å²) in [6, 6.07) is 0.170. The van der Waals surface area contributed by atoms with Crippen LogP contribution in [0.2, 0.25) is 0 Å². The Bertz CT molecular complexity index is 263. The SMILES string of the molecule is O=C(O)COCC(=O)N(CCO)C1CCCC1. The summed E-state index contributed by atoms with van der Waals surface area (Å²) in [6.45, 7) is -0.493. The molecule has 0 saturated heterocycles. The molecule has 1 saturated carbocycles. The number of aliphatic hydroxyl groups excluding tert-OH is 1. The Morgan fingerprint density at radius 2 is 1.88 bits per heavy atom. The summed E-state index contributed by atoms with van der Waals surface area (Å²) < 4.78 is 4.77. The Morgan fingerprint density at radius 1 is 1.24 bits per heavy atom. The first-order valence-electron chi connectivity index (χ1n) is 5.85. The minimum Gasteiger partial charge on any atom is -0.480 e. The molecule has 0 spiro atoms. The second-order valence-corrected chi connectivity index (χ2v) is 4.14. The van der Waals surface area contributed by atoms with Crippen molar-refractivity contribution in [2.45, 2.75) is 31.7 Å². The van der Waals surface area contributed by atoms with Gasteiger partial charge in [-0.1, -0.05) is 12.8 Å². The van der Waals surface area contributed by atoms with Crippen molar-refractivity contribution < 1.29 is 24.5 Å². The fourth-order valence-corrected chi connectivity index (χ4v) is 2.14. The van der Waals surface area contributed by atoms with E-state index < -0.39 is 12.6 Å². The lowest BCUT2D eigenvalue weighted by atomic mass is 10.2. The Morgan fingerprint density at radius 3 is 2.41 bits per heavy atom. The highest BCUT2D eigenvalue weighted by atomic mass is 16.5. The van der Waals surface area contributed by atoms with Crippen LogP contribution >= 0.6 is 0 Å². The van der Waals surface area contributed by atoms with E-state index in [2.05, 4.69) is 0 Å². The van der Waals surface area contributed by atoms with Gasteiger partial charge in [0.2, 0.25) is 5.91 Å². The highest BCUT2D eigenvalue weighted by molar-refractivity contribution is 5.78. The van der Waals surface area contributed by atoms with E-state index in [4.69, 9.17) is 14.9 Å². The van der Waals surface area contributed by atoms with Gasteiger partial charge in [-0.15, -0.1) is 0 Å². The zero-order valence-electron chi connectivity index (χ0n) is 9.80. The Labute approximate surface area is 100 Å². The number of ether oxygens (including phenoxy) is 1. The Kier molecular flexibility index (Phi) is 5.93. The highest BCUT2D eigenvalue weighted by Crippen LogP contribution is 2.23. The van der Waals surface area contributed by atoms with Crippen LogP contribution < -0.4 is 0 Å². The van der Waals surface area contributed by atoms with Crippen molar-refractivity contribution in [1.82, 2.24) is 4.90 Å². The molecule has 0 aliphatic heterocycles. The van der Waals surface area contributed by atoms with Crippen LogP contribution in [-0.4, -0.2) is 59.4 Å². The molecule has 0 aromatic carbocycles. The van der Waals surface area contributed by atoms with Crippen molar-refractivity contribution in [1.29, 1.82) is 0 Å². The first kappa shape index (κ1) is 13.9. The van der Waals surface area contributed by atoms with Gasteiger partial charge in [-0.3, -0.25) is 4.79 Å². The summed E-state index contributed by atoms with van der Waals surface area (Å²) >= 11 is 0. The van der Waals surface area contributed by atoms with Gasteiger partial charge < -0.3 is 19.8 Å². The van der Waals surface area contributed by atoms with Crippen molar-refractivity contribution >= 4 is 11.9 Å². The number of hydrogen-bond acceptors (Lipinski definition) is 4. The van der Waals surface area contributed by atoms with Gasteiger partial charge >= 0.3 is 5.97 Å². The number of nitrogens with zero attached hydrogens (tertiary/aromatic N) is 1. The number of aliphatic carboxylic acids is 1. The van der Waals surface area contributed by atoms with Gasteiger partial charge in [0.15, 0.2) is 0 Å². The molecule has 0 unspecified atom stereocenters. The second kappa shape index (κ2) is 7.24. The summed E-state index contributed by atoms with van der Waals surface area (Å²) in [6.07, 6.45) is 4.08. The molecule has 0 atom stereocenters. The molecule has 1 aliphatic rings. The Balaban J connectivity index is 2.39. The number of carbonyl (C=O) groups excluding carboxylic acids is 1. The van der Waals surface area contributed by atoms with Gasteiger partial charge in [-0.2, -0.15) is 0 Å². The standard InChI is InChI=1S/C11H19NO5/c13-6-5-12(9-3-1-2-4-9)10(14)7-17-8-11(15)16/h9,13H,1-8H2,(H,15,16). The average molecular weight is 245 g/mol. The van der Waals surface area contributed by atoms with Crippen LogP contribution in [-0.2, 0) is 14.3 Å². The van der Waals surface area contributed by atoms with Crippen LogP contribution in [0.1, 0.15) is 25.7 Å². The second-order valence-electron chi connectivity index (χ2n) is 4.14. The van der Waals surface area contributed by atoms with Crippen LogP contribution in [0.15, 0.2) is 0 Å². The van der Waals surface area contributed by atoms with E-state index in [9.17, 15) is 9.59 Å². The van der Waals surface area contributed by atoms with Crippen molar-refractivity contribution in [2.75, 3.05) is 26.4 Å². The van der Waals surface area contributed by atoms with Gasteiger partial charge in [0.1, 0.15) is 13.2 Å². The van der Waals surface area contributed by atoms with Crippen LogP contribution in [0, 0.1) is 0 Å². The molecule has 1 aliphatic carbocycles. The van der Waals surface area contributed by atoms with E-state index in [0.29, 0.717) is 6.54 Å². The van der Waals surface area contributed by atoms with Crippen molar-refractivity contribution in [3.8, 4) is 0 Å². The lowest BCUT2D eigenvalue weighted by Gasteiger charge is -2.28. The average Bonchev–Trinajstić information content (AvgIpc) is 2.78. The van der Waals surface area contributed by atoms with Gasteiger partial charge in [0, 0.05) is 12.6 Å². The normalized spacial score (nSPS) is 16.1. The molecule has 0 aromatic heterocycles. The number of carboxylic acid groups (broad SMARTS) is 1. The lowest BCUT2D eigenvalue weighted by Crippen LogP contribution is -2.42. The lowest BCUT2D eigenvalue weighted by molar-refractivity contribution is -0.146. The van der Waals surface area contributed by atoms with E-state index >= 15 is 0 Å². The fraction of sp³-hybridized carbons (Fsp3) is 0.818. The van der Waals surface area contributed by atoms with Crippen LogP contribution in [0.3, 0.4) is 0 Å². The zero-order chi connectivity index (χ0) is 12.7. The van der Waals surface area contributed by atoms with E-state index in [-0.39, 0.29) is 25.2 Å². The quantitative estimate of drug-likeness (QED) is 0.651. The maximum absolute atomic E-state index is 11.8. The number of carboxylic acids is 1. The third-order valence-electron chi connectivity index (χ3n) is 2.88. The van der Waals surface area contributed by atoms with E-state index in [1.165, 1.54) is 0 Å². The van der Waals surface area contributed by atoms with E-state index in [1.807, 2.05) is 0 Å². The molecule has 1 amide bonds. The maximum atomic E-state index is 11.8. The summed E-state index contributed by atoms with van der Waals surface area (Å²) in [5.74, 6) is -1.33. The minimum absolute atomic E-state index is 0.0822. The van der Waals surface area contributed by atoms with Crippen molar-refractivity contribution in [3.05, 3.63) is 0 Å². The summed E-state index contributed by atoms with van der Waals surface area (Å²) in [5, 5.41) is 17.3. The predicted molar refractivity (Wildman–Crippen MR) is 59.5 cm³/mol. The molecule has 6 heteroatoms. The molecule has 0 aromatic rings. The number of amides is 1. The number of carbonyl (C=O) groups is 2. The van der Waals surface area contributed by atoms with Gasteiger partial charge in [-0.25, -0.2) is 4.79 Å². The van der Waals surface area contributed by atoms with E-state index in [1.54, 1.807) is 4.90 Å². The molecule has 6 nitrogen and oxygen atoms in total. The van der Waals surface area contributed by atoms with Crippen LogP contribution in [0.5, 0.6) is 0 Å². The molecule has 2 N–H and O–H groups in total. The highest BCUT2D eigenvalue weighted by Gasteiger charge is 2.26. The summed E-state index contributed by atoms with van der Waals surface area (Å²) in [7, 11) is 0. The Hall–Kier alpha value is -1.14. The smallest absolute Gasteiger partial charge is 0.329 e. The largest absolute Gasteiger partial charge is 0.480 e. The summed E-state index contributed by atoms with van der Waals surface area (Å²) in [4.78, 5) is 23.6. The van der Waals surface area contributed by atoms with Crippen molar-refractivity contribution in [3.63, 3.8) is 0 Å². The third-order valence-corrected chi connectivity index (χ3v) is 2.88. The molecule has 98 valence electrons. The molecular formula is C11H19NO5. The predicted octanol–water partition coefficient (Wildman–Crippen LogP) is -0.149. The van der Waals surface area contributed by atoms with Crippen LogP contribution in [0.25, 0.3) is 0 Å². The first-order valence-corrected chi connectivity index (χ1v) is 5.85. The molecule has 17 heavy (non-hydrogen) atoms. The zero-order valence-corrected chi connectivity index (χ0v) is 9.80. The molecular weight excluding hydrogens is 226 g/mol. The van der Waals surface area contributed by atoms with Gasteiger partial charge in [0.25, 0.3) is 0 Å². The summed E-state index contributed by atoms with van der Waals surface area (Å²) in [5.41, 5.74) is 0. The van der Waals surface area contributed by atoms with Crippen molar-refractivity contribution in [2.24, 2.45) is 0 Å². The number of rotatable bonds is 7. The first-order chi connectivity index (χ1) is 8.15. The molecule has 1 fully saturated rings. The monoisotopic (exact) mass is 245 g/mol. The molecule has 1 rings (SSSR count). The van der Waals surface area contributed by atoms with E-state index in [0.717, 1.165) is 25.7 Å². The molecule has 0 heterocycles. The third kappa shape index (κ3) is 4.70. The van der Waals surface area contributed by atoms with Crippen LogP contribution in [0.4, 0.5) is 0 Å². The van der Waals surface area contributed by atoms with Gasteiger partial charge in [0.05, 0.1) is 6.61 Å². The minimum atomic E-state index is -1.09. The fourth-order valence-electron chi connectivity index (χ4n) is 2.14. The number of hydrogen-bond donors (Lipinski definition) is 2. The molecule has 0 bridgehead atoms. The molecule has 0 radical (unpaired) electrons.